The van der Waals surface area contributed by atoms with Crippen LogP contribution in [0.1, 0.15) is 23.3 Å². The van der Waals surface area contributed by atoms with Gasteiger partial charge in [-0.25, -0.2) is 4.98 Å². The van der Waals surface area contributed by atoms with Gasteiger partial charge in [0.05, 0.1) is 26.8 Å². The fourth-order valence-electron chi connectivity index (χ4n) is 2.47. The predicted molar refractivity (Wildman–Crippen MR) is 95.7 cm³/mol. The number of para-hydroxylation sites is 1. The molecule has 3 rings (SSSR count). The summed E-state index contributed by atoms with van der Waals surface area (Å²) in [7, 11) is 3.19. The number of H-pyrrole nitrogens is 1. The first-order chi connectivity index (χ1) is 12.2. The van der Waals surface area contributed by atoms with Gasteiger partial charge < -0.3 is 20.5 Å². The molecule has 1 atom stereocenters. The molecule has 0 fully saturated rings. The molecule has 0 bridgehead atoms. The highest BCUT2D eigenvalue weighted by Crippen LogP contribution is 2.30. The molecule has 1 unspecified atom stereocenters. The predicted octanol–water partition coefficient (Wildman–Crippen LogP) is 2.48. The molecule has 1 aromatic heterocycles. The quantitative estimate of drug-likeness (QED) is 0.612. The zero-order valence-corrected chi connectivity index (χ0v) is 14.2. The summed E-state index contributed by atoms with van der Waals surface area (Å²) >= 11 is 0. The number of anilines is 1. The number of nitrogens with two attached hydrogens (primary N) is 1. The largest absolute Gasteiger partial charge is 0.493 e. The second-order valence-electron chi connectivity index (χ2n) is 5.45. The van der Waals surface area contributed by atoms with Crippen LogP contribution in [0.25, 0.3) is 0 Å². The Kier molecular flexibility index (Phi) is 5.15. The van der Waals surface area contributed by atoms with Gasteiger partial charge >= 0.3 is 0 Å². The zero-order chi connectivity index (χ0) is 17.6. The summed E-state index contributed by atoms with van der Waals surface area (Å²) in [6, 6.07) is 15.0. The first-order valence-electron chi connectivity index (χ1n) is 7.89. The molecule has 0 saturated heterocycles. The normalized spacial score (nSPS) is 11.8. The average molecular weight is 339 g/mol. The van der Waals surface area contributed by atoms with Crippen LogP contribution >= 0.6 is 0 Å². The third-order valence-corrected chi connectivity index (χ3v) is 3.83. The van der Waals surface area contributed by atoms with Gasteiger partial charge in [-0.2, -0.15) is 5.10 Å². The highest BCUT2D eigenvalue weighted by atomic mass is 16.5. The zero-order valence-electron chi connectivity index (χ0n) is 14.2. The molecule has 7 nitrogen and oxygen atoms in total. The number of methoxy groups -OCH3 is 2. The lowest BCUT2D eigenvalue weighted by molar-refractivity contribution is 0.354. The molecule has 3 aromatic rings. The van der Waals surface area contributed by atoms with Crippen molar-refractivity contribution < 1.29 is 9.47 Å². The van der Waals surface area contributed by atoms with Gasteiger partial charge in [0.1, 0.15) is 5.82 Å². The van der Waals surface area contributed by atoms with Gasteiger partial charge in [0, 0.05) is 5.69 Å². The molecule has 1 heterocycles. The lowest BCUT2D eigenvalue weighted by atomic mass is 10.1. The number of hydrogen-bond acceptors (Lipinski definition) is 6. The van der Waals surface area contributed by atoms with Crippen molar-refractivity contribution >= 4 is 5.69 Å². The number of rotatable bonds is 7. The molecule has 0 aliphatic rings. The fourth-order valence-corrected chi connectivity index (χ4v) is 2.47. The van der Waals surface area contributed by atoms with Crippen molar-refractivity contribution in [3.63, 3.8) is 0 Å². The number of ether oxygens (including phenoxy) is 2. The molecule has 0 spiro atoms. The van der Waals surface area contributed by atoms with E-state index in [0.717, 1.165) is 17.1 Å². The Morgan fingerprint density at radius 3 is 2.56 bits per heavy atom. The van der Waals surface area contributed by atoms with Crippen LogP contribution < -0.4 is 20.5 Å². The molecule has 0 aliphatic carbocycles. The van der Waals surface area contributed by atoms with Crippen LogP contribution in [0, 0.1) is 0 Å². The van der Waals surface area contributed by atoms with E-state index in [9.17, 15) is 0 Å². The molecule has 2 aromatic carbocycles. The van der Waals surface area contributed by atoms with Crippen molar-refractivity contribution in [2.24, 2.45) is 5.73 Å². The maximum atomic E-state index is 6.29. The molecule has 0 radical (unpaired) electrons. The average Bonchev–Trinajstić information content (AvgIpc) is 3.15. The Balaban J connectivity index is 1.71. The van der Waals surface area contributed by atoms with Gasteiger partial charge in [-0.1, -0.05) is 24.3 Å². The monoisotopic (exact) mass is 339 g/mol. The minimum atomic E-state index is -0.457. The van der Waals surface area contributed by atoms with E-state index in [1.54, 1.807) is 14.2 Å². The topological polar surface area (TPSA) is 98.1 Å². The second-order valence-corrected chi connectivity index (χ2v) is 5.45. The van der Waals surface area contributed by atoms with E-state index < -0.39 is 6.04 Å². The van der Waals surface area contributed by atoms with Gasteiger partial charge in [-0.05, 0) is 29.8 Å². The smallest absolute Gasteiger partial charge is 0.171 e. The third kappa shape index (κ3) is 3.89. The molecule has 0 amide bonds. The summed E-state index contributed by atoms with van der Waals surface area (Å²) in [5.74, 6) is 2.52. The SMILES string of the molecule is COc1ccc(C(N)c2n[nH]c(CNc3ccccc3)n2)cc1OC. The van der Waals surface area contributed by atoms with Crippen molar-refractivity contribution in [2.45, 2.75) is 12.6 Å². The molecule has 0 saturated carbocycles. The van der Waals surface area contributed by atoms with E-state index in [-0.39, 0.29) is 0 Å². The summed E-state index contributed by atoms with van der Waals surface area (Å²) in [6.45, 7) is 0.537. The van der Waals surface area contributed by atoms with E-state index in [0.29, 0.717) is 23.9 Å². The van der Waals surface area contributed by atoms with E-state index in [1.165, 1.54) is 0 Å². The standard InChI is InChI=1S/C18H21N5O2/c1-24-14-9-8-12(10-15(14)25-2)17(19)18-21-16(22-23-18)11-20-13-6-4-3-5-7-13/h3-10,17,20H,11,19H2,1-2H3,(H,21,22,23). The van der Waals surface area contributed by atoms with E-state index >= 15 is 0 Å². The Bertz CT molecular complexity index is 819. The third-order valence-electron chi connectivity index (χ3n) is 3.83. The summed E-state index contributed by atoms with van der Waals surface area (Å²) < 4.78 is 10.6. The first kappa shape index (κ1) is 16.8. The van der Waals surface area contributed by atoms with Gasteiger partial charge in [0.15, 0.2) is 17.3 Å². The summed E-state index contributed by atoms with van der Waals surface area (Å²) in [4.78, 5) is 4.47. The van der Waals surface area contributed by atoms with Crippen LogP contribution in [0.2, 0.25) is 0 Å². The first-order valence-corrected chi connectivity index (χ1v) is 7.89. The highest BCUT2D eigenvalue weighted by molar-refractivity contribution is 5.45. The number of benzene rings is 2. The van der Waals surface area contributed by atoms with Crippen molar-refractivity contribution in [3.05, 3.63) is 65.7 Å². The van der Waals surface area contributed by atoms with Crippen LogP contribution in [0.5, 0.6) is 11.5 Å². The summed E-state index contributed by atoms with van der Waals surface area (Å²) in [5, 5.41) is 10.4. The van der Waals surface area contributed by atoms with Gasteiger partial charge in [-0.15, -0.1) is 0 Å². The number of aromatic amines is 1. The molecule has 0 aliphatic heterocycles. The number of hydrogen-bond donors (Lipinski definition) is 3. The van der Waals surface area contributed by atoms with Crippen LogP contribution in [0.3, 0.4) is 0 Å². The van der Waals surface area contributed by atoms with Crippen molar-refractivity contribution in [1.82, 2.24) is 15.2 Å². The molecule has 4 N–H and O–H groups in total. The molecular weight excluding hydrogens is 318 g/mol. The molecule has 7 heteroatoms. The lowest BCUT2D eigenvalue weighted by Gasteiger charge is -2.12. The van der Waals surface area contributed by atoms with Crippen LogP contribution in [0.15, 0.2) is 48.5 Å². The Morgan fingerprint density at radius 1 is 1.08 bits per heavy atom. The van der Waals surface area contributed by atoms with Gasteiger partial charge in [0.2, 0.25) is 0 Å². The Hall–Kier alpha value is -3.06. The van der Waals surface area contributed by atoms with E-state index in [4.69, 9.17) is 15.2 Å². The number of nitrogens with one attached hydrogen (secondary N) is 2. The van der Waals surface area contributed by atoms with Crippen molar-refractivity contribution in [3.8, 4) is 11.5 Å². The van der Waals surface area contributed by atoms with Crippen molar-refractivity contribution in [1.29, 1.82) is 0 Å². The van der Waals surface area contributed by atoms with Gasteiger partial charge in [0.25, 0.3) is 0 Å². The molecular formula is C18H21N5O2. The van der Waals surface area contributed by atoms with E-state index in [2.05, 4.69) is 20.5 Å². The minimum absolute atomic E-state index is 0.457. The summed E-state index contributed by atoms with van der Waals surface area (Å²) in [5.41, 5.74) is 8.15. The second kappa shape index (κ2) is 7.67. The number of nitrogens with zero attached hydrogens (tertiary/aromatic N) is 2. The van der Waals surface area contributed by atoms with Crippen LogP contribution in [-0.2, 0) is 6.54 Å². The minimum Gasteiger partial charge on any atom is -0.493 e. The Morgan fingerprint density at radius 2 is 1.84 bits per heavy atom. The van der Waals surface area contributed by atoms with E-state index in [1.807, 2.05) is 48.5 Å². The fraction of sp³-hybridized carbons (Fsp3) is 0.222. The van der Waals surface area contributed by atoms with Crippen LogP contribution in [0.4, 0.5) is 5.69 Å². The van der Waals surface area contributed by atoms with Gasteiger partial charge in [-0.3, -0.25) is 5.10 Å². The molecule has 25 heavy (non-hydrogen) atoms. The maximum absolute atomic E-state index is 6.29. The molecule has 130 valence electrons. The van der Waals surface area contributed by atoms with Crippen LogP contribution in [-0.4, -0.2) is 29.4 Å². The summed E-state index contributed by atoms with van der Waals surface area (Å²) in [6.07, 6.45) is 0. The van der Waals surface area contributed by atoms with Crippen molar-refractivity contribution in [2.75, 3.05) is 19.5 Å². The highest BCUT2D eigenvalue weighted by Gasteiger charge is 2.16. The Labute approximate surface area is 146 Å². The lowest BCUT2D eigenvalue weighted by Crippen LogP contribution is -2.14. The number of aromatic nitrogens is 3. The maximum Gasteiger partial charge on any atom is 0.171 e.